The molecule has 2 aliphatic heterocycles. The predicted molar refractivity (Wildman–Crippen MR) is 126 cm³/mol. The van der Waals surface area contributed by atoms with Gasteiger partial charge < -0.3 is 20.9 Å². The van der Waals surface area contributed by atoms with Crippen LogP contribution in [-0.2, 0) is 6.42 Å². The Morgan fingerprint density at radius 2 is 2.16 bits per heavy atom. The number of pyridine rings is 1. The number of rotatable bonds is 3. The van der Waals surface area contributed by atoms with Crippen LogP contribution in [0.3, 0.4) is 0 Å². The Balaban J connectivity index is 1.44. The first kappa shape index (κ1) is 20.8. The summed E-state index contributed by atoms with van der Waals surface area (Å²) >= 11 is 0. The number of carbonyl (C=O) groups excluding carboxylic acids is 1. The van der Waals surface area contributed by atoms with Gasteiger partial charge in [-0.15, -0.1) is 6.42 Å². The van der Waals surface area contributed by atoms with Crippen LogP contribution in [0.2, 0.25) is 0 Å². The molecule has 0 fully saturated rings. The van der Waals surface area contributed by atoms with E-state index in [0.29, 0.717) is 6.54 Å². The average Bonchev–Trinajstić information content (AvgIpc) is 3.18. The van der Waals surface area contributed by atoms with Crippen molar-refractivity contribution in [2.45, 2.75) is 45.2 Å². The zero-order chi connectivity index (χ0) is 22.0. The summed E-state index contributed by atoms with van der Waals surface area (Å²) in [6, 6.07) is 10.0. The van der Waals surface area contributed by atoms with Gasteiger partial charge in [-0.05, 0) is 57.0 Å². The van der Waals surface area contributed by atoms with Gasteiger partial charge in [-0.1, -0.05) is 18.1 Å². The third-order valence-electron chi connectivity index (χ3n) is 5.54. The standard InChI is InChI=1S/C25H29N5O/c1-5-17-7-6-8-19(15-17)27-21-9-12-26-23-20(21)16-22(28-23)18-10-13-30(14-11-18)24(31)29-25(2,3)4/h1,6-10,12,15,22H,11,13-14,16H2,2-4H3,(H,29,31)(H2,26,27,28). The number of benzene rings is 1. The van der Waals surface area contributed by atoms with Crippen molar-refractivity contribution in [1.82, 2.24) is 15.2 Å². The maximum absolute atomic E-state index is 12.4. The van der Waals surface area contributed by atoms with Crippen molar-refractivity contribution < 1.29 is 4.79 Å². The van der Waals surface area contributed by atoms with E-state index >= 15 is 0 Å². The van der Waals surface area contributed by atoms with Crippen molar-refractivity contribution in [3.05, 3.63) is 59.3 Å². The molecule has 1 aromatic carbocycles. The summed E-state index contributed by atoms with van der Waals surface area (Å²) in [6.07, 6.45) is 11.2. The van der Waals surface area contributed by atoms with E-state index in [9.17, 15) is 4.79 Å². The summed E-state index contributed by atoms with van der Waals surface area (Å²) in [6.45, 7) is 7.34. The molecule has 0 bridgehead atoms. The van der Waals surface area contributed by atoms with Crippen molar-refractivity contribution in [3.63, 3.8) is 0 Å². The Bertz CT molecular complexity index is 1060. The van der Waals surface area contributed by atoms with E-state index in [1.807, 2.05) is 62.2 Å². The van der Waals surface area contributed by atoms with Crippen molar-refractivity contribution in [1.29, 1.82) is 0 Å². The van der Waals surface area contributed by atoms with Gasteiger partial charge in [0.25, 0.3) is 0 Å². The van der Waals surface area contributed by atoms with Gasteiger partial charge in [0.05, 0.1) is 6.04 Å². The van der Waals surface area contributed by atoms with Gasteiger partial charge in [-0.25, -0.2) is 9.78 Å². The molecule has 2 aromatic rings. The monoisotopic (exact) mass is 415 g/mol. The van der Waals surface area contributed by atoms with Crippen molar-refractivity contribution in [2.75, 3.05) is 23.7 Å². The fourth-order valence-corrected chi connectivity index (χ4v) is 4.01. The zero-order valence-electron chi connectivity index (χ0n) is 18.3. The molecule has 6 heteroatoms. The second-order valence-electron chi connectivity index (χ2n) is 9.09. The highest BCUT2D eigenvalue weighted by atomic mass is 16.2. The van der Waals surface area contributed by atoms with Crippen LogP contribution in [0.1, 0.15) is 38.3 Å². The molecule has 31 heavy (non-hydrogen) atoms. The molecule has 2 amide bonds. The first-order valence-corrected chi connectivity index (χ1v) is 10.7. The topological polar surface area (TPSA) is 69.3 Å². The van der Waals surface area contributed by atoms with Crippen LogP contribution in [0.25, 0.3) is 0 Å². The third kappa shape index (κ3) is 4.83. The number of nitrogens with zero attached hydrogens (tertiary/aromatic N) is 2. The SMILES string of the molecule is C#Cc1cccc(Nc2ccnc3c2CC(C2=CCN(C(=O)NC(C)(C)C)CC2)N3)c1. The van der Waals surface area contributed by atoms with Gasteiger partial charge in [0.15, 0.2) is 0 Å². The van der Waals surface area contributed by atoms with Crippen LogP contribution >= 0.6 is 0 Å². The van der Waals surface area contributed by atoms with Gasteiger partial charge in [0.2, 0.25) is 0 Å². The lowest BCUT2D eigenvalue weighted by molar-refractivity contribution is 0.192. The number of amides is 2. The minimum atomic E-state index is -0.232. The van der Waals surface area contributed by atoms with Crippen LogP contribution in [0.4, 0.5) is 22.0 Å². The largest absolute Gasteiger partial charge is 0.363 e. The molecule has 1 atom stereocenters. The molecule has 1 unspecified atom stereocenters. The highest BCUT2D eigenvalue weighted by molar-refractivity contribution is 5.75. The lowest BCUT2D eigenvalue weighted by atomic mass is 9.97. The number of urea groups is 1. The molecule has 160 valence electrons. The quantitative estimate of drug-likeness (QED) is 0.517. The zero-order valence-corrected chi connectivity index (χ0v) is 18.3. The van der Waals surface area contributed by atoms with E-state index in [1.165, 1.54) is 11.1 Å². The van der Waals surface area contributed by atoms with Gasteiger partial charge >= 0.3 is 6.03 Å². The molecule has 0 saturated carbocycles. The van der Waals surface area contributed by atoms with Gasteiger partial charge in [-0.3, -0.25) is 0 Å². The molecule has 0 radical (unpaired) electrons. The van der Waals surface area contributed by atoms with Crippen LogP contribution in [0, 0.1) is 12.3 Å². The van der Waals surface area contributed by atoms with Crippen molar-refractivity contribution in [2.24, 2.45) is 0 Å². The lowest BCUT2D eigenvalue weighted by Crippen LogP contribution is -2.50. The Morgan fingerprint density at radius 3 is 2.87 bits per heavy atom. The average molecular weight is 416 g/mol. The second kappa shape index (κ2) is 8.35. The molecule has 3 heterocycles. The maximum atomic E-state index is 12.4. The molecule has 1 aromatic heterocycles. The number of nitrogens with one attached hydrogen (secondary N) is 3. The Labute approximate surface area is 184 Å². The van der Waals surface area contributed by atoms with Gasteiger partial charge in [0, 0.05) is 53.7 Å². The Morgan fingerprint density at radius 1 is 1.32 bits per heavy atom. The molecule has 2 aliphatic rings. The summed E-state index contributed by atoms with van der Waals surface area (Å²) in [7, 11) is 0. The van der Waals surface area contributed by atoms with Crippen LogP contribution in [0.5, 0.6) is 0 Å². The Hall–Kier alpha value is -3.46. The molecule has 4 rings (SSSR count). The van der Waals surface area contributed by atoms with E-state index in [2.05, 4.69) is 32.9 Å². The fraction of sp³-hybridized carbons (Fsp3) is 0.360. The normalized spacial score (nSPS) is 17.8. The molecule has 0 spiro atoms. The smallest absolute Gasteiger partial charge is 0.318 e. The van der Waals surface area contributed by atoms with E-state index in [1.54, 1.807) is 0 Å². The van der Waals surface area contributed by atoms with E-state index in [0.717, 1.165) is 42.1 Å². The molecular formula is C25H29N5O. The van der Waals surface area contributed by atoms with E-state index in [-0.39, 0.29) is 17.6 Å². The van der Waals surface area contributed by atoms with Crippen LogP contribution in [0.15, 0.2) is 48.2 Å². The number of anilines is 3. The highest BCUT2D eigenvalue weighted by Crippen LogP contribution is 2.35. The molecule has 6 nitrogen and oxygen atoms in total. The second-order valence-corrected chi connectivity index (χ2v) is 9.09. The number of hydrogen-bond donors (Lipinski definition) is 3. The lowest BCUT2D eigenvalue weighted by Gasteiger charge is -2.31. The molecule has 0 aliphatic carbocycles. The molecular weight excluding hydrogens is 386 g/mol. The first-order chi connectivity index (χ1) is 14.8. The first-order valence-electron chi connectivity index (χ1n) is 10.7. The van der Waals surface area contributed by atoms with Crippen molar-refractivity contribution >= 4 is 23.2 Å². The summed E-state index contributed by atoms with van der Waals surface area (Å²) in [4.78, 5) is 18.8. The summed E-state index contributed by atoms with van der Waals surface area (Å²) in [5.74, 6) is 3.59. The Kier molecular flexibility index (Phi) is 5.60. The fourth-order valence-electron chi connectivity index (χ4n) is 4.01. The predicted octanol–water partition coefficient (Wildman–Crippen LogP) is 4.28. The molecule has 3 N–H and O–H groups in total. The van der Waals surface area contributed by atoms with E-state index < -0.39 is 0 Å². The summed E-state index contributed by atoms with van der Waals surface area (Å²) in [5, 5.41) is 10.1. The third-order valence-corrected chi connectivity index (χ3v) is 5.54. The number of aromatic nitrogens is 1. The molecule has 0 saturated heterocycles. The van der Waals surface area contributed by atoms with Crippen LogP contribution < -0.4 is 16.0 Å². The van der Waals surface area contributed by atoms with Crippen molar-refractivity contribution in [3.8, 4) is 12.3 Å². The van der Waals surface area contributed by atoms with E-state index in [4.69, 9.17) is 6.42 Å². The minimum Gasteiger partial charge on any atom is -0.363 e. The number of fused-ring (bicyclic) bond motifs is 1. The van der Waals surface area contributed by atoms with Gasteiger partial charge in [-0.2, -0.15) is 0 Å². The van der Waals surface area contributed by atoms with Gasteiger partial charge in [0.1, 0.15) is 5.82 Å². The number of carbonyl (C=O) groups is 1. The number of hydrogen-bond acceptors (Lipinski definition) is 4. The maximum Gasteiger partial charge on any atom is 0.318 e. The summed E-state index contributed by atoms with van der Waals surface area (Å²) < 4.78 is 0. The minimum absolute atomic E-state index is 0.00665. The highest BCUT2D eigenvalue weighted by Gasteiger charge is 2.29. The number of terminal acetylenes is 1. The summed E-state index contributed by atoms with van der Waals surface area (Å²) in [5.41, 5.74) is 5.12. The van der Waals surface area contributed by atoms with Crippen LogP contribution in [-0.4, -0.2) is 40.6 Å².